The molecule has 0 atom stereocenters. The standard InChI is InChI=1S/C3H3BrO2.Na/c1-2(4)3(5)6;/h1H2,(H,5,6);/q;+1/p-1/i1D;/b2-1-;. The van der Waals surface area contributed by atoms with E-state index < -0.39 is 5.97 Å². The molecule has 7 heavy (non-hydrogen) atoms. The third-order valence-corrected chi connectivity index (χ3v) is 0.519. The van der Waals surface area contributed by atoms with Crippen molar-refractivity contribution < 1.29 is 40.8 Å². The number of carboxylic acids is 1. The normalized spacial score (nSPS) is 11.6. The summed E-state index contributed by atoms with van der Waals surface area (Å²) in [5.41, 5.74) is 0. The van der Waals surface area contributed by atoms with E-state index in [1.54, 1.807) is 0 Å². The van der Waals surface area contributed by atoms with E-state index >= 15 is 0 Å². The molecule has 0 bridgehead atoms. The molecule has 0 aromatic rings. The number of hydrogen-bond acceptors (Lipinski definition) is 2. The fraction of sp³-hybridized carbons (Fsp3) is 0. The molecule has 0 N–H and O–H groups in total. The fourth-order valence-electron chi connectivity index (χ4n) is 0. The molecule has 0 unspecified atom stereocenters. The van der Waals surface area contributed by atoms with E-state index in [0.29, 0.717) is 6.55 Å². The van der Waals surface area contributed by atoms with Gasteiger partial charge in [-0.3, -0.25) is 0 Å². The van der Waals surface area contributed by atoms with Crippen LogP contribution in [0.1, 0.15) is 1.37 Å². The first-order valence-corrected chi connectivity index (χ1v) is 1.93. The number of rotatable bonds is 1. The smallest absolute Gasteiger partial charge is 0.544 e. The van der Waals surface area contributed by atoms with Gasteiger partial charge in [-0.1, -0.05) is 6.55 Å². The molecule has 34 valence electrons. The van der Waals surface area contributed by atoms with Crippen molar-refractivity contribution in [3.05, 3.63) is 11.0 Å². The van der Waals surface area contributed by atoms with E-state index in [0.717, 1.165) is 0 Å². The Bertz CT molecular complexity index is 114. The Hall–Kier alpha value is 0.690. The van der Waals surface area contributed by atoms with Gasteiger partial charge in [0, 0.05) is 4.48 Å². The molecule has 0 heterocycles. The predicted octanol–water partition coefficient (Wildman–Crippen LogP) is -3.35. The summed E-state index contributed by atoms with van der Waals surface area (Å²) in [5.74, 6) is -1.37. The zero-order chi connectivity index (χ0) is 5.86. The maximum atomic E-state index is 9.58. The molecule has 0 spiro atoms. The average molecular weight is 174 g/mol. The van der Waals surface area contributed by atoms with Crippen molar-refractivity contribution in [3.63, 3.8) is 0 Å². The maximum absolute atomic E-state index is 9.58. The van der Waals surface area contributed by atoms with Gasteiger partial charge < -0.3 is 9.90 Å². The largest absolute Gasteiger partial charge is 1.00 e. The van der Waals surface area contributed by atoms with E-state index in [4.69, 9.17) is 1.37 Å². The number of hydrogen-bond donors (Lipinski definition) is 0. The van der Waals surface area contributed by atoms with Crippen LogP contribution in [0.15, 0.2) is 11.0 Å². The molecule has 0 radical (unpaired) electrons. The van der Waals surface area contributed by atoms with Crippen LogP contribution in [0.25, 0.3) is 0 Å². The minimum Gasteiger partial charge on any atom is -0.544 e. The zero-order valence-corrected chi connectivity index (χ0v) is 7.36. The molecule has 0 aromatic heterocycles. The average Bonchev–Trinajstić information content (AvgIpc) is 1.65. The van der Waals surface area contributed by atoms with Crippen LogP contribution >= 0.6 is 15.9 Å². The van der Waals surface area contributed by atoms with Crippen LogP contribution in [-0.4, -0.2) is 5.97 Å². The van der Waals surface area contributed by atoms with Gasteiger partial charge in [-0.15, -0.1) is 0 Å². The number of carbonyl (C=O) groups is 1. The molecule has 0 aliphatic rings. The molecule has 0 fully saturated rings. The zero-order valence-electron chi connectivity index (χ0n) is 4.77. The van der Waals surface area contributed by atoms with Crippen LogP contribution in [0, 0.1) is 0 Å². The Morgan fingerprint density at radius 2 is 2.43 bits per heavy atom. The number of aliphatic carboxylic acids is 1. The Morgan fingerprint density at radius 1 is 2.00 bits per heavy atom. The summed E-state index contributed by atoms with van der Waals surface area (Å²) >= 11 is 2.55. The summed E-state index contributed by atoms with van der Waals surface area (Å²) in [7, 11) is 0. The van der Waals surface area contributed by atoms with Gasteiger partial charge in [0.1, 0.15) is 0 Å². The summed E-state index contributed by atoms with van der Waals surface area (Å²) in [4.78, 5) is 9.58. The van der Waals surface area contributed by atoms with Gasteiger partial charge in [0.25, 0.3) is 0 Å². The molecular weight excluding hydrogens is 171 g/mol. The first-order chi connectivity index (χ1) is 3.18. The Labute approximate surface area is 73.4 Å². The van der Waals surface area contributed by atoms with Crippen molar-refractivity contribution in [2.75, 3.05) is 0 Å². The van der Waals surface area contributed by atoms with Crippen LogP contribution in [0.5, 0.6) is 0 Å². The molecule has 4 heteroatoms. The van der Waals surface area contributed by atoms with Crippen molar-refractivity contribution in [2.24, 2.45) is 0 Å². The van der Waals surface area contributed by atoms with Gasteiger partial charge >= 0.3 is 29.6 Å². The van der Waals surface area contributed by atoms with Crippen LogP contribution in [0.4, 0.5) is 0 Å². The van der Waals surface area contributed by atoms with E-state index in [-0.39, 0.29) is 34.0 Å². The maximum Gasteiger partial charge on any atom is 1.00 e. The molecule has 0 saturated carbocycles. The molecule has 0 rings (SSSR count). The fourth-order valence-corrected chi connectivity index (χ4v) is 0. The van der Waals surface area contributed by atoms with Crippen molar-refractivity contribution in [1.29, 1.82) is 0 Å². The summed E-state index contributed by atoms with van der Waals surface area (Å²) in [6.07, 6.45) is 0. The van der Waals surface area contributed by atoms with Crippen molar-refractivity contribution in [3.8, 4) is 0 Å². The monoisotopic (exact) mass is 173 g/mol. The number of carbonyl (C=O) groups excluding carboxylic acids is 1. The summed E-state index contributed by atoms with van der Waals surface area (Å²) in [6.45, 7) is 0.662. The summed E-state index contributed by atoms with van der Waals surface area (Å²) < 4.78 is 6.07. The first kappa shape index (κ1) is 7.69. The molecule has 2 nitrogen and oxygen atoms in total. The van der Waals surface area contributed by atoms with E-state index in [9.17, 15) is 9.90 Å². The topological polar surface area (TPSA) is 40.1 Å². The van der Waals surface area contributed by atoms with Crippen LogP contribution < -0.4 is 34.7 Å². The van der Waals surface area contributed by atoms with Gasteiger partial charge in [-0.2, -0.15) is 0 Å². The van der Waals surface area contributed by atoms with Crippen molar-refractivity contribution >= 4 is 21.9 Å². The molecule has 0 aliphatic carbocycles. The van der Waals surface area contributed by atoms with Gasteiger partial charge in [-0.05, 0) is 15.9 Å². The van der Waals surface area contributed by atoms with Crippen molar-refractivity contribution in [2.45, 2.75) is 0 Å². The molecular formula is C3H2BrNaO2. The van der Waals surface area contributed by atoms with Gasteiger partial charge in [-0.25, -0.2) is 0 Å². The van der Waals surface area contributed by atoms with Gasteiger partial charge in [0.2, 0.25) is 0 Å². The molecule has 0 amide bonds. The quantitative estimate of drug-likeness (QED) is 0.308. The van der Waals surface area contributed by atoms with E-state index in [1.807, 2.05) is 0 Å². The SMILES string of the molecule is [2H]/C=C(\Br)C(=O)[O-].[Na+]. The van der Waals surface area contributed by atoms with Crippen LogP contribution in [0.3, 0.4) is 0 Å². The van der Waals surface area contributed by atoms with Gasteiger partial charge in [0.15, 0.2) is 0 Å². The van der Waals surface area contributed by atoms with Crippen molar-refractivity contribution in [1.82, 2.24) is 0 Å². The predicted molar refractivity (Wildman–Crippen MR) is 23.1 cm³/mol. The molecule has 0 aliphatic heterocycles. The second-order valence-corrected chi connectivity index (χ2v) is 1.49. The van der Waals surface area contributed by atoms with E-state index in [1.165, 1.54) is 0 Å². The third-order valence-electron chi connectivity index (χ3n) is 0.195. The third kappa shape index (κ3) is 6.69. The van der Waals surface area contributed by atoms with Gasteiger partial charge in [0.05, 0.1) is 7.34 Å². The van der Waals surface area contributed by atoms with E-state index in [2.05, 4.69) is 15.9 Å². The number of carboxylic acid groups (broad SMARTS) is 1. The Kier molecular flexibility index (Phi) is 5.32. The minimum absolute atomic E-state index is 0. The first-order valence-electron chi connectivity index (χ1n) is 1.71. The Morgan fingerprint density at radius 3 is 2.43 bits per heavy atom. The number of halogens is 1. The second kappa shape index (κ2) is 4.84. The summed E-state index contributed by atoms with van der Waals surface area (Å²) in [5, 5.41) is 9.58. The molecule has 0 aromatic carbocycles. The minimum atomic E-state index is -1.37. The molecule has 0 saturated heterocycles. The second-order valence-electron chi connectivity index (χ2n) is 0.635. The summed E-state index contributed by atoms with van der Waals surface area (Å²) in [6, 6.07) is 0. The Balaban J connectivity index is 0. The van der Waals surface area contributed by atoms with Crippen LogP contribution in [-0.2, 0) is 4.79 Å². The van der Waals surface area contributed by atoms with Crippen LogP contribution in [0.2, 0.25) is 0 Å².